The minimum Gasteiger partial charge on any atom is -0.496 e. The van der Waals surface area contributed by atoms with Crippen LogP contribution in [0.3, 0.4) is 0 Å². The number of likely N-dealkylation sites (N-methyl/N-ethyl adjacent to an activating group) is 1. The Hall–Kier alpha value is -0.520. The summed E-state index contributed by atoms with van der Waals surface area (Å²) in [5.74, 6) is 3.06. The van der Waals surface area contributed by atoms with Crippen LogP contribution in [-0.2, 0) is 11.2 Å². The quantitative estimate of drug-likeness (QED) is 0.840. The van der Waals surface area contributed by atoms with Gasteiger partial charge in [0.2, 0.25) is 0 Å². The summed E-state index contributed by atoms with van der Waals surface area (Å²) in [5, 5.41) is 0. The number of ketones is 1. The largest absolute Gasteiger partial charge is 0.496 e. The molecule has 0 saturated carbocycles. The van der Waals surface area contributed by atoms with E-state index in [0.29, 0.717) is 6.42 Å². The van der Waals surface area contributed by atoms with E-state index in [1.807, 2.05) is 37.0 Å². The fraction of sp³-hybridized carbons (Fsp3) is 0.500. The summed E-state index contributed by atoms with van der Waals surface area (Å²) in [6, 6.07) is 5.82. The second-order valence-electron chi connectivity index (χ2n) is 4.67. The second-order valence-corrected chi connectivity index (χ2v) is 6.74. The second kappa shape index (κ2) is 6.77. The highest BCUT2D eigenvalue weighted by atomic mass is 79.9. The lowest BCUT2D eigenvalue weighted by Gasteiger charge is -2.31. The highest BCUT2D eigenvalue weighted by molar-refractivity contribution is 9.10. The zero-order valence-corrected chi connectivity index (χ0v) is 13.6. The summed E-state index contributed by atoms with van der Waals surface area (Å²) in [7, 11) is 3.67. The van der Waals surface area contributed by atoms with Crippen molar-refractivity contribution in [2.24, 2.45) is 0 Å². The first-order valence-corrected chi connectivity index (χ1v) is 8.19. The third-order valence-corrected chi connectivity index (χ3v) is 4.89. The van der Waals surface area contributed by atoms with Crippen LogP contribution in [0.25, 0.3) is 0 Å². The van der Waals surface area contributed by atoms with Gasteiger partial charge in [0, 0.05) is 34.5 Å². The number of nitrogens with zero attached hydrogens (tertiary/aromatic N) is 1. The molecule has 1 saturated heterocycles. The van der Waals surface area contributed by atoms with Crippen LogP contribution in [0.5, 0.6) is 5.75 Å². The number of hydrogen-bond acceptors (Lipinski definition) is 4. The molecule has 19 heavy (non-hydrogen) atoms. The summed E-state index contributed by atoms with van der Waals surface area (Å²) in [5.41, 5.74) is 0.950. The first-order valence-electron chi connectivity index (χ1n) is 6.25. The van der Waals surface area contributed by atoms with Crippen LogP contribution in [0, 0.1) is 0 Å². The van der Waals surface area contributed by atoms with E-state index < -0.39 is 0 Å². The molecule has 3 nitrogen and oxygen atoms in total. The normalized spacial score (nSPS) is 20.3. The van der Waals surface area contributed by atoms with Crippen molar-refractivity contribution in [1.29, 1.82) is 0 Å². The van der Waals surface area contributed by atoms with Gasteiger partial charge in [0.05, 0.1) is 13.2 Å². The maximum absolute atomic E-state index is 12.4. The van der Waals surface area contributed by atoms with E-state index in [0.717, 1.165) is 33.8 Å². The van der Waals surface area contributed by atoms with Crippen LogP contribution in [-0.4, -0.2) is 48.9 Å². The number of Topliss-reactive ketones (excluding diaryl/α,β-unsaturated/α-hetero) is 1. The molecule has 1 atom stereocenters. The maximum Gasteiger partial charge on any atom is 0.155 e. The molecule has 0 aliphatic carbocycles. The van der Waals surface area contributed by atoms with Crippen molar-refractivity contribution in [3.05, 3.63) is 28.2 Å². The Morgan fingerprint density at radius 3 is 3.05 bits per heavy atom. The van der Waals surface area contributed by atoms with Gasteiger partial charge in [-0.3, -0.25) is 9.69 Å². The Morgan fingerprint density at radius 2 is 2.37 bits per heavy atom. The van der Waals surface area contributed by atoms with E-state index in [9.17, 15) is 4.79 Å². The third kappa shape index (κ3) is 3.74. The number of rotatable bonds is 4. The monoisotopic (exact) mass is 343 g/mol. The molecule has 0 bridgehead atoms. The Morgan fingerprint density at radius 1 is 1.58 bits per heavy atom. The zero-order valence-electron chi connectivity index (χ0n) is 11.2. The molecule has 1 heterocycles. The van der Waals surface area contributed by atoms with Crippen molar-refractivity contribution >= 4 is 33.5 Å². The fourth-order valence-corrected chi connectivity index (χ4v) is 3.87. The molecule has 5 heteroatoms. The highest BCUT2D eigenvalue weighted by Gasteiger charge is 2.26. The molecule has 1 fully saturated rings. The summed E-state index contributed by atoms with van der Waals surface area (Å²) in [6.45, 7) is 0.983. The molecule has 0 N–H and O–H groups in total. The number of ether oxygens (including phenoxy) is 1. The van der Waals surface area contributed by atoms with Crippen LogP contribution in [0.4, 0.5) is 0 Å². The summed E-state index contributed by atoms with van der Waals surface area (Å²) >= 11 is 5.30. The van der Waals surface area contributed by atoms with Crippen LogP contribution in [0.15, 0.2) is 22.7 Å². The number of halogens is 1. The summed E-state index contributed by atoms with van der Waals surface area (Å²) in [4.78, 5) is 14.6. The lowest BCUT2D eigenvalue weighted by Crippen LogP contribution is -2.45. The minimum atomic E-state index is 0.0300. The molecule has 1 aromatic carbocycles. The van der Waals surface area contributed by atoms with Gasteiger partial charge in [-0.2, -0.15) is 11.8 Å². The number of methoxy groups -OCH3 is 1. The number of thioether (sulfide) groups is 1. The lowest BCUT2D eigenvalue weighted by atomic mass is 10.0. The van der Waals surface area contributed by atoms with Gasteiger partial charge in [-0.05, 0) is 25.2 Å². The molecule has 104 valence electrons. The fourth-order valence-electron chi connectivity index (χ4n) is 2.22. The number of carbonyl (C=O) groups excluding carboxylic acids is 1. The minimum absolute atomic E-state index is 0.0300. The topological polar surface area (TPSA) is 29.5 Å². The molecule has 1 aliphatic rings. The Labute approximate surface area is 126 Å². The predicted octanol–water partition coefficient (Wildman–Crippen LogP) is 2.62. The SMILES string of the molecule is COc1ccc(Br)cc1CC(=O)C1CSCCN1C. The number of hydrogen-bond donors (Lipinski definition) is 0. The Balaban J connectivity index is 2.11. The molecular weight excluding hydrogens is 326 g/mol. The van der Waals surface area contributed by atoms with E-state index in [1.54, 1.807) is 7.11 Å². The maximum atomic E-state index is 12.4. The van der Waals surface area contributed by atoms with Crippen LogP contribution >= 0.6 is 27.7 Å². The van der Waals surface area contributed by atoms with Gasteiger partial charge in [0.15, 0.2) is 5.78 Å². The van der Waals surface area contributed by atoms with Crippen LogP contribution in [0.2, 0.25) is 0 Å². The molecule has 1 aliphatic heterocycles. The molecule has 2 rings (SSSR count). The average Bonchev–Trinajstić information content (AvgIpc) is 2.39. The van der Waals surface area contributed by atoms with Crippen molar-refractivity contribution in [1.82, 2.24) is 4.90 Å². The van der Waals surface area contributed by atoms with Crippen molar-refractivity contribution < 1.29 is 9.53 Å². The van der Waals surface area contributed by atoms with Crippen molar-refractivity contribution in [3.8, 4) is 5.75 Å². The Bertz CT molecular complexity index is 467. The Kier molecular flexibility index (Phi) is 5.30. The van der Waals surface area contributed by atoms with Gasteiger partial charge in [-0.25, -0.2) is 0 Å². The number of benzene rings is 1. The summed E-state index contributed by atoms with van der Waals surface area (Å²) in [6.07, 6.45) is 0.429. The van der Waals surface area contributed by atoms with Gasteiger partial charge < -0.3 is 4.74 Å². The van der Waals surface area contributed by atoms with E-state index in [1.165, 1.54) is 0 Å². The van der Waals surface area contributed by atoms with Crippen LogP contribution < -0.4 is 4.74 Å². The van der Waals surface area contributed by atoms with Crippen molar-refractivity contribution in [3.63, 3.8) is 0 Å². The van der Waals surface area contributed by atoms with Gasteiger partial charge in [0.1, 0.15) is 5.75 Å². The molecule has 0 amide bonds. The smallest absolute Gasteiger partial charge is 0.155 e. The van der Waals surface area contributed by atoms with E-state index >= 15 is 0 Å². The van der Waals surface area contributed by atoms with Crippen molar-refractivity contribution in [2.45, 2.75) is 12.5 Å². The van der Waals surface area contributed by atoms with Crippen molar-refractivity contribution in [2.75, 3.05) is 32.2 Å². The molecule has 0 radical (unpaired) electrons. The molecular formula is C14H18BrNO2S. The average molecular weight is 344 g/mol. The highest BCUT2D eigenvalue weighted by Crippen LogP contribution is 2.25. The molecule has 1 aromatic rings. The van der Waals surface area contributed by atoms with Gasteiger partial charge in [0.25, 0.3) is 0 Å². The first kappa shape index (κ1) is 14.9. The van der Waals surface area contributed by atoms with Gasteiger partial charge >= 0.3 is 0 Å². The van der Waals surface area contributed by atoms with E-state index in [4.69, 9.17) is 4.74 Å². The van der Waals surface area contributed by atoms with Gasteiger partial charge in [-0.1, -0.05) is 15.9 Å². The lowest BCUT2D eigenvalue weighted by molar-refractivity contribution is -0.122. The molecule has 0 spiro atoms. The van der Waals surface area contributed by atoms with Crippen LogP contribution in [0.1, 0.15) is 5.56 Å². The van der Waals surface area contributed by atoms with Gasteiger partial charge in [-0.15, -0.1) is 0 Å². The third-order valence-electron chi connectivity index (χ3n) is 3.37. The predicted molar refractivity (Wildman–Crippen MR) is 83.1 cm³/mol. The molecule has 1 unspecified atom stereocenters. The first-order chi connectivity index (χ1) is 9.11. The standard InChI is InChI=1S/C14H18BrNO2S/c1-16-5-6-19-9-12(16)13(17)8-10-7-11(15)3-4-14(10)18-2/h3-4,7,12H,5-6,8-9H2,1-2H3. The zero-order chi connectivity index (χ0) is 13.8. The van der Waals surface area contributed by atoms with E-state index in [-0.39, 0.29) is 11.8 Å². The van der Waals surface area contributed by atoms with E-state index in [2.05, 4.69) is 20.8 Å². The molecule has 0 aromatic heterocycles. The summed E-state index contributed by atoms with van der Waals surface area (Å²) < 4.78 is 6.30. The number of carbonyl (C=O) groups is 1.